The number of thioether (sulfide) groups is 1. The van der Waals surface area contributed by atoms with Crippen LogP contribution in [0.4, 0.5) is 4.39 Å². The molecule has 4 rings (SSSR count). The van der Waals surface area contributed by atoms with E-state index in [1.165, 1.54) is 31.4 Å². The number of rotatable bonds is 6. The topological polar surface area (TPSA) is 39.9 Å². The van der Waals surface area contributed by atoms with E-state index in [0.29, 0.717) is 5.56 Å². The Morgan fingerprint density at radius 1 is 1.14 bits per heavy atom. The Morgan fingerprint density at radius 3 is 2.62 bits per heavy atom. The lowest BCUT2D eigenvalue weighted by Crippen LogP contribution is -2.31. The van der Waals surface area contributed by atoms with Crippen molar-refractivity contribution in [1.82, 2.24) is 9.88 Å². The van der Waals surface area contributed by atoms with E-state index in [1.807, 2.05) is 23.6 Å². The van der Waals surface area contributed by atoms with Gasteiger partial charge >= 0.3 is 0 Å². The molecule has 0 bridgehead atoms. The van der Waals surface area contributed by atoms with Crippen molar-refractivity contribution in [3.8, 4) is 27.8 Å². The highest BCUT2D eigenvalue weighted by Gasteiger charge is 2.17. The average Bonchev–Trinajstić information content (AvgIpc) is 3.29. The van der Waals surface area contributed by atoms with Crippen LogP contribution in [0.1, 0.15) is 24.8 Å². The van der Waals surface area contributed by atoms with Crippen LogP contribution in [0.5, 0.6) is 0 Å². The van der Waals surface area contributed by atoms with Crippen LogP contribution in [-0.2, 0) is 0 Å². The number of likely N-dealkylation sites (tertiary alicyclic amines) is 1. The summed E-state index contributed by atoms with van der Waals surface area (Å²) in [4.78, 5) is 8.39. The molecule has 3 aromatic rings. The zero-order valence-electron chi connectivity index (χ0n) is 16.1. The van der Waals surface area contributed by atoms with Gasteiger partial charge < -0.3 is 4.90 Å². The number of piperidine rings is 1. The maximum atomic E-state index is 13.4. The number of aromatic nitrogens is 1. The molecular weight excluding hydrogens is 401 g/mol. The van der Waals surface area contributed by atoms with Gasteiger partial charge in [0.05, 0.1) is 16.1 Å². The summed E-state index contributed by atoms with van der Waals surface area (Å²) in [5, 5.41) is 12.7. The van der Waals surface area contributed by atoms with E-state index in [-0.39, 0.29) is 5.82 Å². The predicted octanol–water partition coefficient (Wildman–Crippen LogP) is 6.07. The zero-order chi connectivity index (χ0) is 20.1. The molecule has 1 saturated heterocycles. The van der Waals surface area contributed by atoms with E-state index < -0.39 is 0 Å². The first kappa shape index (κ1) is 20.1. The van der Waals surface area contributed by atoms with Gasteiger partial charge in [0, 0.05) is 17.9 Å². The number of pyridine rings is 1. The number of thiophene rings is 1. The molecule has 6 heteroatoms. The van der Waals surface area contributed by atoms with E-state index in [4.69, 9.17) is 4.98 Å². The lowest BCUT2D eigenvalue weighted by atomic mass is 10.0. The summed E-state index contributed by atoms with van der Waals surface area (Å²) in [5.74, 6) is 0.620. The highest BCUT2D eigenvalue weighted by molar-refractivity contribution is 7.99. The molecule has 148 valence electrons. The quantitative estimate of drug-likeness (QED) is 0.451. The number of nitriles is 1. The Hall–Kier alpha value is -2.20. The van der Waals surface area contributed by atoms with Crippen LogP contribution in [0.2, 0.25) is 0 Å². The molecule has 0 N–H and O–H groups in total. The zero-order valence-corrected chi connectivity index (χ0v) is 17.7. The molecule has 1 aliphatic rings. The van der Waals surface area contributed by atoms with Gasteiger partial charge in [-0.15, -0.1) is 23.1 Å². The van der Waals surface area contributed by atoms with E-state index in [1.54, 1.807) is 35.2 Å². The van der Waals surface area contributed by atoms with Crippen molar-refractivity contribution >= 4 is 23.1 Å². The molecule has 3 nitrogen and oxygen atoms in total. The molecule has 3 heterocycles. The number of hydrogen-bond donors (Lipinski definition) is 0. The molecule has 1 aromatic carbocycles. The van der Waals surface area contributed by atoms with Crippen LogP contribution in [0.3, 0.4) is 0 Å². The molecule has 0 spiro atoms. The smallest absolute Gasteiger partial charge is 0.123 e. The van der Waals surface area contributed by atoms with Gasteiger partial charge in [-0.05, 0) is 61.1 Å². The van der Waals surface area contributed by atoms with Gasteiger partial charge in [-0.2, -0.15) is 5.26 Å². The van der Waals surface area contributed by atoms with Crippen LogP contribution in [0.15, 0.2) is 52.9 Å². The fourth-order valence-electron chi connectivity index (χ4n) is 3.60. The van der Waals surface area contributed by atoms with Crippen LogP contribution in [0.25, 0.3) is 21.7 Å². The van der Waals surface area contributed by atoms with Crippen molar-refractivity contribution in [2.75, 3.05) is 25.4 Å². The maximum Gasteiger partial charge on any atom is 0.123 e. The van der Waals surface area contributed by atoms with Crippen molar-refractivity contribution in [3.05, 3.63) is 59.2 Å². The highest BCUT2D eigenvalue weighted by atomic mass is 32.2. The number of halogens is 1. The Labute approximate surface area is 179 Å². The highest BCUT2D eigenvalue weighted by Crippen LogP contribution is 2.35. The van der Waals surface area contributed by atoms with Crippen LogP contribution in [-0.4, -0.2) is 35.3 Å². The molecule has 1 aliphatic heterocycles. The Morgan fingerprint density at radius 2 is 1.93 bits per heavy atom. The lowest BCUT2D eigenvalue weighted by molar-refractivity contribution is 0.242. The van der Waals surface area contributed by atoms with E-state index >= 15 is 0 Å². The molecule has 0 amide bonds. The van der Waals surface area contributed by atoms with Gasteiger partial charge in [0.25, 0.3) is 0 Å². The second kappa shape index (κ2) is 9.53. The lowest BCUT2D eigenvalue weighted by Gasteiger charge is -2.26. The second-order valence-corrected chi connectivity index (χ2v) is 9.11. The monoisotopic (exact) mass is 423 g/mol. The summed E-state index contributed by atoms with van der Waals surface area (Å²) in [6.07, 6.45) is 3.87. The summed E-state index contributed by atoms with van der Waals surface area (Å²) >= 11 is 3.27. The fourth-order valence-corrected chi connectivity index (χ4v) is 5.29. The third-order valence-electron chi connectivity index (χ3n) is 5.12. The largest absolute Gasteiger partial charge is 0.303 e. The normalized spacial score (nSPS) is 14.6. The molecule has 0 aliphatic carbocycles. The molecular formula is C23H22FN3S2. The predicted molar refractivity (Wildman–Crippen MR) is 119 cm³/mol. The molecule has 1 fully saturated rings. The van der Waals surface area contributed by atoms with E-state index in [2.05, 4.69) is 11.0 Å². The molecule has 0 saturated carbocycles. The minimum absolute atomic E-state index is 0.282. The number of hydrogen-bond acceptors (Lipinski definition) is 5. The first-order chi connectivity index (χ1) is 14.2. The van der Waals surface area contributed by atoms with Gasteiger partial charge in [0.15, 0.2) is 0 Å². The first-order valence-corrected chi connectivity index (χ1v) is 11.7. The van der Waals surface area contributed by atoms with E-state index in [0.717, 1.165) is 52.1 Å². The summed E-state index contributed by atoms with van der Waals surface area (Å²) in [5.41, 5.74) is 3.08. The first-order valence-electron chi connectivity index (χ1n) is 9.85. The van der Waals surface area contributed by atoms with E-state index in [9.17, 15) is 9.65 Å². The van der Waals surface area contributed by atoms with Crippen molar-refractivity contribution in [2.45, 2.75) is 24.3 Å². The summed E-state index contributed by atoms with van der Waals surface area (Å²) in [6, 6.07) is 14.7. The van der Waals surface area contributed by atoms with Crippen LogP contribution < -0.4 is 0 Å². The Balaban J connectivity index is 1.66. The van der Waals surface area contributed by atoms with Crippen LogP contribution in [0, 0.1) is 17.1 Å². The SMILES string of the molecule is N#Cc1c(-c2ccc(F)cc2)cc(-c2cccs2)nc1SCCN1CCCCC1. The van der Waals surface area contributed by atoms with Crippen LogP contribution >= 0.6 is 23.1 Å². The minimum Gasteiger partial charge on any atom is -0.303 e. The summed E-state index contributed by atoms with van der Waals surface area (Å²) in [6.45, 7) is 3.33. The van der Waals surface area contributed by atoms with Crippen molar-refractivity contribution in [2.24, 2.45) is 0 Å². The Kier molecular flexibility index (Phi) is 6.60. The third-order valence-corrected chi connectivity index (χ3v) is 6.97. The molecule has 2 aromatic heterocycles. The summed E-state index contributed by atoms with van der Waals surface area (Å²) in [7, 11) is 0. The number of benzene rings is 1. The summed E-state index contributed by atoms with van der Waals surface area (Å²) < 4.78 is 13.4. The fraction of sp³-hybridized carbons (Fsp3) is 0.304. The van der Waals surface area contributed by atoms with Crippen molar-refractivity contribution in [1.29, 1.82) is 5.26 Å². The molecule has 0 atom stereocenters. The van der Waals surface area contributed by atoms with Gasteiger partial charge in [0.1, 0.15) is 16.9 Å². The van der Waals surface area contributed by atoms with Crippen molar-refractivity contribution < 1.29 is 4.39 Å². The van der Waals surface area contributed by atoms with Crippen molar-refractivity contribution in [3.63, 3.8) is 0 Å². The number of nitrogens with zero attached hydrogens (tertiary/aromatic N) is 3. The third kappa shape index (κ3) is 4.87. The van der Waals surface area contributed by atoms with Gasteiger partial charge in [-0.25, -0.2) is 9.37 Å². The van der Waals surface area contributed by atoms with Gasteiger partial charge in [0.2, 0.25) is 0 Å². The standard InChI is InChI=1S/C23H22FN3S2/c24-18-8-6-17(7-9-18)19-15-21(22-5-4-13-28-22)26-23(20(19)16-25)29-14-12-27-10-2-1-3-11-27/h4-9,13,15H,1-3,10-12,14H2. The molecule has 29 heavy (non-hydrogen) atoms. The van der Waals surface area contributed by atoms with Gasteiger partial charge in [-0.3, -0.25) is 0 Å². The maximum absolute atomic E-state index is 13.4. The second-order valence-electron chi connectivity index (χ2n) is 7.08. The Bertz CT molecular complexity index is 988. The molecule has 0 radical (unpaired) electrons. The molecule has 0 unspecified atom stereocenters. The van der Waals surface area contributed by atoms with Gasteiger partial charge in [-0.1, -0.05) is 24.6 Å². The minimum atomic E-state index is -0.282. The average molecular weight is 424 g/mol.